The van der Waals surface area contributed by atoms with E-state index in [-0.39, 0.29) is 40.9 Å². The van der Waals surface area contributed by atoms with Crippen LogP contribution in [0, 0.1) is 5.31 Å². The molecular formula is C20H20BN3O8S2. The zero-order valence-corrected chi connectivity index (χ0v) is 19.7. The molecule has 2 rings (SSSR count). The molecule has 2 aromatic carbocycles. The third kappa shape index (κ3) is 6.24. The minimum atomic E-state index is -4.91. The van der Waals surface area contributed by atoms with Gasteiger partial charge in [0.15, 0.2) is 0 Å². The van der Waals surface area contributed by atoms with E-state index < -0.39 is 41.8 Å². The van der Waals surface area contributed by atoms with Crippen molar-refractivity contribution >= 4 is 50.7 Å². The molecule has 0 aliphatic heterocycles. The maximum atomic E-state index is 12.7. The topological polar surface area (TPSA) is 180 Å². The first-order chi connectivity index (χ1) is 15.7. The first-order valence-corrected chi connectivity index (χ1v) is 12.1. The second kappa shape index (κ2) is 10.1. The van der Waals surface area contributed by atoms with Crippen LogP contribution in [-0.4, -0.2) is 40.5 Å². The molecule has 2 amide bonds. The van der Waals surface area contributed by atoms with Crippen molar-refractivity contribution in [3.8, 4) is 11.1 Å². The van der Waals surface area contributed by atoms with E-state index in [2.05, 4.69) is 27.9 Å². The number of anilines is 2. The number of amides is 2. The molecule has 0 atom stereocenters. The van der Waals surface area contributed by atoms with Gasteiger partial charge in [-0.2, -0.15) is 0 Å². The first-order valence-electron chi connectivity index (χ1n) is 9.29. The van der Waals surface area contributed by atoms with Crippen LogP contribution in [0.3, 0.4) is 0 Å². The van der Waals surface area contributed by atoms with E-state index in [4.69, 9.17) is 5.31 Å². The predicted octanol–water partition coefficient (Wildman–Crippen LogP) is 2.72. The van der Waals surface area contributed by atoms with Crippen molar-refractivity contribution in [2.75, 3.05) is 10.6 Å². The van der Waals surface area contributed by atoms with Crippen LogP contribution in [-0.2, 0) is 33.9 Å². The molecule has 0 saturated heterocycles. The molecule has 0 fully saturated rings. The summed E-state index contributed by atoms with van der Waals surface area (Å²) >= 11 is 0. The van der Waals surface area contributed by atoms with Gasteiger partial charge in [0.05, 0.1) is 0 Å². The van der Waals surface area contributed by atoms with Gasteiger partial charge in [-0.1, -0.05) is 0 Å². The van der Waals surface area contributed by atoms with E-state index in [1.807, 2.05) is 0 Å². The van der Waals surface area contributed by atoms with Gasteiger partial charge < -0.3 is 0 Å². The van der Waals surface area contributed by atoms with Gasteiger partial charge in [-0.25, -0.2) is 0 Å². The summed E-state index contributed by atoms with van der Waals surface area (Å²) in [5.41, 5.74) is -0.175. The quantitative estimate of drug-likeness (QED) is 0.228. The summed E-state index contributed by atoms with van der Waals surface area (Å²) in [6.45, 7) is 9.82. The fourth-order valence-electron chi connectivity index (χ4n) is 2.66. The van der Waals surface area contributed by atoms with Crippen LogP contribution in [0.15, 0.2) is 70.5 Å². The molecular weight excluding hydrogens is 485 g/mol. The molecule has 2 aromatic rings. The Morgan fingerprint density at radius 2 is 1.29 bits per heavy atom. The van der Waals surface area contributed by atoms with Crippen molar-refractivity contribution < 1.29 is 35.1 Å². The molecule has 0 unspecified atom stereocenters. The van der Waals surface area contributed by atoms with Crippen molar-refractivity contribution in [3.63, 3.8) is 0 Å². The minimum absolute atomic E-state index is 0.00475. The van der Waals surface area contributed by atoms with Gasteiger partial charge in [0.1, 0.15) is 0 Å². The molecule has 4 N–H and O–H groups in total. The van der Waals surface area contributed by atoms with Gasteiger partial charge in [0, 0.05) is 0 Å². The van der Waals surface area contributed by atoms with Crippen molar-refractivity contribution in [1.82, 2.24) is 0 Å². The van der Waals surface area contributed by atoms with E-state index in [1.54, 1.807) is 0 Å². The first kappa shape index (κ1) is 26.6. The van der Waals surface area contributed by atoms with Gasteiger partial charge in [0.25, 0.3) is 0 Å². The van der Waals surface area contributed by atoms with Crippen molar-refractivity contribution in [2.45, 2.75) is 23.6 Å². The van der Waals surface area contributed by atoms with Crippen LogP contribution in [0.4, 0.5) is 11.4 Å². The number of carbonyl (C=O) groups excluding carboxylic acids is 2. The standard InChI is InChI=1S/C20H20BN3O8S2/c1-11(2)19(25)23-13-5-7-15(17(9-13)33(27,28)29)16-8-6-14(24-20(26)12(3)4)10-18(16)34(30,31)32-21-22/h5-10,22H,1,3H2,2,4H3,(H,23,25)(H,24,26)(H,27,28,29). The van der Waals surface area contributed by atoms with Crippen LogP contribution in [0.5, 0.6) is 0 Å². The Balaban J connectivity index is 2.79. The van der Waals surface area contributed by atoms with Crippen molar-refractivity contribution in [1.29, 1.82) is 5.31 Å². The van der Waals surface area contributed by atoms with Gasteiger partial charge in [-0.05, 0) is 0 Å². The fourth-order valence-corrected chi connectivity index (χ4v) is 4.34. The van der Waals surface area contributed by atoms with Crippen LogP contribution >= 0.6 is 0 Å². The second-order valence-electron chi connectivity index (χ2n) is 7.03. The molecule has 0 aliphatic rings. The number of hydrogen-bond donors (Lipinski definition) is 4. The number of benzene rings is 2. The number of nitrogens with one attached hydrogen (secondary N) is 3. The Bertz CT molecular complexity index is 1430. The number of hydrogen-bond acceptors (Lipinski definition) is 8. The maximum absolute atomic E-state index is 12.7. The van der Waals surface area contributed by atoms with E-state index in [0.717, 1.165) is 12.1 Å². The monoisotopic (exact) mass is 505 g/mol. The Morgan fingerprint density at radius 1 is 0.882 bits per heavy atom. The Kier molecular flexibility index (Phi) is 7.92. The van der Waals surface area contributed by atoms with Crippen LogP contribution in [0.2, 0.25) is 0 Å². The third-order valence-corrected chi connectivity index (χ3v) is 6.39. The Labute approximate surface area is 197 Å². The fraction of sp³-hybridized carbons (Fsp3) is 0.100. The molecule has 14 heteroatoms. The van der Waals surface area contributed by atoms with E-state index in [9.17, 15) is 31.0 Å². The van der Waals surface area contributed by atoms with E-state index in [1.165, 1.54) is 38.1 Å². The van der Waals surface area contributed by atoms with Gasteiger partial charge in [0.2, 0.25) is 0 Å². The van der Waals surface area contributed by atoms with Crippen LogP contribution in [0.1, 0.15) is 13.8 Å². The van der Waals surface area contributed by atoms with Crippen molar-refractivity contribution in [2.24, 2.45) is 0 Å². The molecule has 0 aliphatic carbocycles. The normalized spacial score (nSPS) is 11.1. The van der Waals surface area contributed by atoms with Crippen molar-refractivity contribution in [3.05, 3.63) is 60.7 Å². The summed E-state index contributed by atoms with van der Waals surface area (Å²) in [5, 5.41) is 11.8. The summed E-state index contributed by atoms with van der Waals surface area (Å²) in [4.78, 5) is 22.5. The average molecular weight is 505 g/mol. The predicted molar refractivity (Wildman–Crippen MR) is 125 cm³/mol. The SMILES string of the molecule is C=C(C)C(=O)Nc1ccc(-c2ccc(NC(=O)C(=C)C)cc2S(=O)(=O)OB=N)c(S(=O)(=O)O)c1. The summed E-state index contributed by atoms with van der Waals surface area (Å²) in [7, 11) is -9.39. The molecule has 0 saturated carbocycles. The Hall–Kier alpha value is -3.62. The molecule has 178 valence electrons. The third-order valence-electron chi connectivity index (χ3n) is 4.27. The molecule has 34 heavy (non-hydrogen) atoms. The summed E-state index contributed by atoms with van der Waals surface area (Å²) in [5.74, 6) is -1.20. The number of rotatable bonds is 9. The Morgan fingerprint density at radius 3 is 1.68 bits per heavy atom. The van der Waals surface area contributed by atoms with Gasteiger partial charge in [-0.3, -0.25) is 0 Å². The summed E-state index contributed by atoms with van der Waals surface area (Å²) in [6, 6.07) is 6.88. The van der Waals surface area contributed by atoms with E-state index >= 15 is 0 Å². The number of carbonyl (C=O) groups is 2. The molecule has 0 radical (unpaired) electrons. The molecule has 0 heterocycles. The summed E-state index contributed by atoms with van der Waals surface area (Å²) < 4.78 is 63.8. The van der Waals surface area contributed by atoms with Gasteiger partial charge >= 0.3 is 197 Å². The molecule has 11 nitrogen and oxygen atoms in total. The molecule has 0 spiro atoms. The zero-order chi connectivity index (χ0) is 25.8. The van der Waals surface area contributed by atoms with Crippen LogP contribution in [0.25, 0.3) is 11.1 Å². The van der Waals surface area contributed by atoms with E-state index in [0.29, 0.717) is 0 Å². The molecule has 0 bridgehead atoms. The second-order valence-corrected chi connectivity index (χ2v) is 9.96. The zero-order valence-electron chi connectivity index (χ0n) is 18.1. The molecule has 0 aromatic heterocycles. The van der Waals surface area contributed by atoms with Crippen LogP contribution < -0.4 is 10.6 Å². The van der Waals surface area contributed by atoms with Gasteiger partial charge in [-0.15, -0.1) is 0 Å². The average Bonchev–Trinajstić information content (AvgIpc) is 2.73. The summed E-state index contributed by atoms with van der Waals surface area (Å²) in [6.07, 6.45) is 0.